The van der Waals surface area contributed by atoms with Crippen molar-refractivity contribution >= 4 is 22.4 Å². The van der Waals surface area contributed by atoms with Crippen LogP contribution in [0.15, 0.2) is 30.6 Å². The van der Waals surface area contributed by atoms with Crippen LogP contribution in [0, 0.1) is 5.92 Å². The summed E-state index contributed by atoms with van der Waals surface area (Å²) in [5.41, 5.74) is 0. The maximum absolute atomic E-state index is 6.38. The Hall–Kier alpha value is -1.32. The Morgan fingerprint density at radius 1 is 1.21 bits per heavy atom. The van der Waals surface area contributed by atoms with Crippen LogP contribution in [-0.2, 0) is 0 Å². The lowest BCUT2D eigenvalue weighted by Crippen LogP contribution is -2.37. The van der Waals surface area contributed by atoms with Crippen molar-refractivity contribution in [1.29, 1.82) is 0 Å². The highest BCUT2D eigenvalue weighted by Gasteiger charge is 2.22. The Labute approximate surface area is 149 Å². The van der Waals surface area contributed by atoms with Gasteiger partial charge in [0, 0.05) is 23.8 Å². The molecule has 1 fully saturated rings. The van der Waals surface area contributed by atoms with Crippen molar-refractivity contribution in [1.82, 2.24) is 10.3 Å². The topological polar surface area (TPSA) is 34.1 Å². The molecule has 0 amide bonds. The fourth-order valence-electron chi connectivity index (χ4n) is 3.32. The smallest absolute Gasteiger partial charge is 0.138 e. The summed E-state index contributed by atoms with van der Waals surface area (Å²) in [7, 11) is 0. The minimum Gasteiger partial charge on any atom is -0.489 e. The van der Waals surface area contributed by atoms with E-state index >= 15 is 0 Å². The Bertz CT molecular complexity index is 666. The molecule has 1 aromatic carbocycles. The number of pyridine rings is 1. The van der Waals surface area contributed by atoms with Gasteiger partial charge in [0.15, 0.2) is 0 Å². The van der Waals surface area contributed by atoms with Crippen LogP contribution in [0.4, 0.5) is 0 Å². The van der Waals surface area contributed by atoms with Gasteiger partial charge in [-0.05, 0) is 68.2 Å². The molecular weight excluding hydrogens is 320 g/mol. The molecule has 2 aromatic rings. The van der Waals surface area contributed by atoms with Crippen LogP contribution in [-0.4, -0.2) is 23.7 Å². The SMILES string of the molecule is CC(C)CCN[C@H]1CC[C@H](Oc2cc3ccncc3cc2Cl)CC1. The zero-order chi connectivity index (χ0) is 16.9. The summed E-state index contributed by atoms with van der Waals surface area (Å²) >= 11 is 6.38. The normalized spacial score (nSPS) is 21.3. The summed E-state index contributed by atoms with van der Waals surface area (Å²) in [6, 6.07) is 6.61. The Balaban J connectivity index is 1.53. The number of hydrogen-bond acceptors (Lipinski definition) is 3. The number of fused-ring (bicyclic) bond motifs is 1. The van der Waals surface area contributed by atoms with E-state index in [9.17, 15) is 0 Å². The van der Waals surface area contributed by atoms with Crippen molar-refractivity contribution < 1.29 is 4.74 Å². The van der Waals surface area contributed by atoms with E-state index in [4.69, 9.17) is 16.3 Å². The molecule has 3 nitrogen and oxygen atoms in total. The van der Waals surface area contributed by atoms with Gasteiger partial charge in [0.25, 0.3) is 0 Å². The summed E-state index contributed by atoms with van der Waals surface area (Å²) in [6.07, 6.45) is 9.68. The third-order valence-electron chi connectivity index (χ3n) is 4.81. The quantitative estimate of drug-likeness (QED) is 0.779. The standard InChI is InChI=1S/C20H27ClN2O/c1-14(2)7-10-23-17-3-5-18(6-4-17)24-20-12-15-8-9-22-13-16(15)11-19(20)21/h8-9,11-14,17-18,23H,3-7,10H2,1-2H3/t17-,18-. The largest absolute Gasteiger partial charge is 0.489 e. The first kappa shape index (κ1) is 17.5. The van der Waals surface area contributed by atoms with Gasteiger partial charge in [-0.3, -0.25) is 4.98 Å². The van der Waals surface area contributed by atoms with Gasteiger partial charge in [0.1, 0.15) is 5.75 Å². The van der Waals surface area contributed by atoms with Gasteiger partial charge in [-0.2, -0.15) is 0 Å². The van der Waals surface area contributed by atoms with Gasteiger partial charge >= 0.3 is 0 Å². The van der Waals surface area contributed by atoms with Crippen molar-refractivity contribution in [2.24, 2.45) is 5.92 Å². The second-order valence-corrected chi connectivity index (χ2v) is 7.64. The highest BCUT2D eigenvalue weighted by atomic mass is 35.5. The van der Waals surface area contributed by atoms with Crippen LogP contribution in [0.5, 0.6) is 5.75 Å². The van der Waals surface area contributed by atoms with E-state index in [1.807, 2.05) is 24.4 Å². The average Bonchev–Trinajstić information content (AvgIpc) is 2.57. The fourth-order valence-corrected chi connectivity index (χ4v) is 3.53. The van der Waals surface area contributed by atoms with E-state index in [0.717, 1.165) is 41.8 Å². The molecule has 130 valence electrons. The maximum atomic E-state index is 6.38. The monoisotopic (exact) mass is 346 g/mol. The molecule has 1 N–H and O–H groups in total. The van der Waals surface area contributed by atoms with E-state index in [2.05, 4.69) is 24.1 Å². The zero-order valence-corrected chi connectivity index (χ0v) is 15.4. The van der Waals surface area contributed by atoms with Gasteiger partial charge in [0.05, 0.1) is 11.1 Å². The van der Waals surface area contributed by atoms with Crippen LogP contribution in [0.2, 0.25) is 5.02 Å². The minimum atomic E-state index is 0.268. The molecule has 1 saturated carbocycles. The zero-order valence-electron chi connectivity index (χ0n) is 14.6. The molecule has 1 aliphatic rings. The van der Waals surface area contributed by atoms with Crippen molar-refractivity contribution in [3.05, 3.63) is 35.6 Å². The summed E-state index contributed by atoms with van der Waals surface area (Å²) in [5, 5.41) is 6.53. The second kappa shape index (κ2) is 8.17. The van der Waals surface area contributed by atoms with Crippen LogP contribution in [0.25, 0.3) is 10.8 Å². The van der Waals surface area contributed by atoms with Crippen LogP contribution < -0.4 is 10.1 Å². The highest BCUT2D eigenvalue weighted by molar-refractivity contribution is 6.32. The lowest BCUT2D eigenvalue weighted by molar-refractivity contribution is 0.139. The Kier molecular flexibility index (Phi) is 5.96. The van der Waals surface area contributed by atoms with Gasteiger partial charge in [-0.25, -0.2) is 0 Å². The number of aromatic nitrogens is 1. The number of halogens is 1. The maximum Gasteiger partial charge on any atom is 0.138 e. The Morgan fingerprint density at radius 3 is 2.75 bits per heavy atom. The summed E-state index contributed by atoms with van der Waals surface area (Å²) in [6.45, 7) is 5.67. The fraction of sp³-hybridized carbons (Fsp3) is 0.550. The molecule has 1 aliphatic carbocycles. The molecule has 24 heavy (non-hydrogen) atoms. The van der Waals surface area contributed by atoms with E-state index < -0.39 is 0 Å². The lowest BCUT2D eigenvalue weighted by atomic mass is 9.92. The third kappa shape index (κ3) is 4.61. The molecule has 0 aliphatic heterocycles. The van der Waals surface area contributed by atoms with Crippen molar-refractivity contribution in [2.45, 2.75) is 58.1 Å². The molecule has 1 aromatic heterocycles. The number of nitrogens with one attached hydrogen (secondary N) is 1. The number of ether oxygens (including phenoxy) is 1. The van der Waals surface area contributed by atoms with Crippen LogP contribution in [0.1, 0.15) is 46.0 Å². The molecule has 0 saturated heterocycles. The molecule has 0 bridgehead atoms. The number of rotatable bonds is 6. The predicted molar refractivity (Wildman–Crippen MR) is 101 cm³/mol. The van der Waals surface area contributed by atoms with E-state index in [1.54, 1.807) is 6.20 Å². The average molecular weight is 347 g/mol. The first-order valence-corrected chi connectivity index (χ1v) is 9.43. The predicted octanol–water partition coefficient (Wildman–Crippen LogP) is 5.21. The van der Waals surface area contributed by atoms with Gasteiger partial charge in [-0.1, -0.05) is 25.4 Å². The number of benzene rings is 1. The lowest BCUT2D eigenvalue weighted by Gasteiger charge is -2.30. The summed E-state index contributed by atoms with van der Waals surface area (Å²) < 4.78 is 6.21. The van der Waals surface area contributed by atoms with Crippen molar-refractivity contribution in [3.8, 4) is 5.75 Å². The highest BCUT2D eigenvalue weighted by Crippen LogP contribution is 2.32. The molecule has 4 heteroatoms. The third-order valence-corrected chi connectivity index (χ3v) is 5.11. The molecule has 3 rings (SSSR count). The van der Waals surface area contributed by atoms with Crippen LogP contribution >= 0.6 is 11.6 Å². The van der Waals surface area contributed by atoms with Gasteiger partial charge in [0.2, 0.25) is 0 Å². The van der Waals surface area contributed by atoms with Gasteiger partial charge < -0.3 is 10.1 Å². The molecule has 0 radical (unpaired) electrons. The number of nitrogens with zero attached hydrogens (tertiary/aromatic N) is 1. The molecule has 0 spiro atoms. The van der Waals surface area contributed by atoms with Crippen molar-refractivity contribution in [2.75, 3.05) is 6.54 Å². The first-order valence-electron chi connectivity index (χ1n) is 9.05. The second-order valence-electron chi connectivity index (χ2n) is 7.23. The van der Waals surface area contributed by atoms with Crippen molar-refractivity contribution in [3.63, 3.8) is 0 Å². The Morgan fingerprint density at radius 2 is 2.00 bits per heavy atom. The molecular formula is C20H27ClN2O. The molecule has 0 unspecified atom stereocenters. The summed E-state index contributed by atoms with van der Waals surface area (Å²) in [4.78, 5) is 4.14. The number of hydrogen-bond donors (Lipinski definition) is 1. The van der Waals surface area contributed by atoms with Gasteiger partial charge in [-0.15, -0.1) is 0 Å². The van der Waals surface area contributed by atoms with Crippen LogP contribution in [0.3, 0.4) is 0 Å². The van der Waals surface area contributed by atoms with E-state index in [-0.39, 0.29) is 6.10 Å². The molecule has 0 atom stereocenters. The van der Waals surface area contributed by atoms with E-state index in [0.29, 0.717) is 11.1 Å². The molecule has 1 heterocycles. The minimum absolute atomic E-state index is 0.268. The summed E-state index contributed by atoms with van der Waals surface area (Å²) in [5.74, 6) is 1.56. The van der Waals surface area contributed by atoms with E-state index in [1.165, 1.54) is 19.3 Å². The first-order chi connectivity index (χ1) is 11.6.